The van der Waals surface area contributed by atoms with Gasteiger partial charge in [-0.25, -0.2) is 9.37 Å². The van der Waals surface area contributed by atoms with Gasteiger partial charge in [-0.15, -0.1) is 0 Å². The second-order valence-electron chi connectivity index (χ2n) is 11.9. The molecule has 4 heterocycles. The monoisotopic (exact) mass is 594 g/mol. The van der Waals surface area contributed by atoms with Crippen LogP contribution in [0, 0.1) is 5.82 Å². The van der Waals surface area contributed by atoms with Crippen molar-refractivity contribution < 1.29 is 9.50 Å². The number of hydrogen-bond acceptors (Lipinski definition) is 7. The number of fused-ring (bicyclic) bond motifs is 4. The van der Waals surface area contributed by atoms with Crippen LogP contribution in [-0.2, 0) is 6.42 Å². The van der Waals surface area contributed by atoms with Crippen LogP contribution in [0.25, 0.3) is 22.6 Å². The van der Waals surface area contributed by atoms with Gasteiger partial charge in [-0.05, 0) is 80.8 Å². The van der Waals surface area contributed by atoms with E-state index in [1.54, 1.807) is 18.2 Å². The number of benzene rings is 2. The third kappa shape index (κ3) is 4.84. The van der Waals surface area contributed by atoms with Crippen LogP contribution in [0.3, 0.4) is 0 Å². The number of allylic oxidation sites excluding steroid dienone is 2. The molecule has 7 nitrogen and oxygen atoms in total. The third-order valence-corrected chi connectivity index (χ3v) is 9.64. The lowest BCUT2D eigenvalue weighted by Gasteiger charge is -2.43. The average molecular weight is 596 g/mol. The fraction of sp³-hybridized carbons (Fsp3) is 0.419. The maximum atomic E-state index is 16.7. The van der Waals surface area contributed by atoms with E-state index in [2.05, 4.69) is 34.1 Å². The zero-order valence-corrected chi connectivity index (χ0v) is 24.7. The Hall–Kier alpha value is -2.91. The van der Waals surface area contributed by atoms with E-state index in [4.69, 9.17) is 33.2 Å². The van der Waals surface area contributed by atoms with Crippen molar-refractivity contribution in [1.29, 1.82) is 0 Å². The molecular weight excluding hydrogens is 562 g/mol. The summed E-state index contributed by atoms with van der Waals surface area (Å²) < 4.78 is 16.7. The Kier molecular flexibility index (Phi) is 6.85. The second kappa shape index (κ2) is 10.4. The van der Waals surface area contributed by atoms with Crippen molar-refractivity contribution in [2.45, 2.75) is 43.8 Å². The fourth-order valence-corrected chi connectivity index (χ4v) is 7.23. The van der Waals surface area contributed by atoms with Crippen LogP contribution in [0.15, 0.2) is 36.1 Å². The number of aliphatic hydroxyl groups is 1. The standard InChI is InChI=1S/C31H33Cl2FN6O/c1-38(2)21-15-40(16-21)31-36-29-24(30(37-31)39-13-19-7-8-20(14-39)35-19)12-26(33)27(28(29)34)18-6-9-23-17(10-22(41)11-18)4-3-5-25(23)32/h3-5,10-12,19-21,35,41H,6-9,13-16H2,1-2H3/b18-11+,22-10+. The lowest BCUT2D eigenvalue weighted by Crippen LogP contribution is -2.58. The number of likely N-dealkylation sites (N-methyl/N-ethyl adjacent to an activating group) is 1. The third-order valence-electron chi connectivity index (χ3n) is 8.99. The molecule has 2 N–H and O–H groups in total. The fourth-order valence-electron chi connectivity index (χ4n) is 6.64. The van der Waals surface area contributed by atoms with E-state index in [1.807, 2.05) is 18.2 Å². The van der Waals surface area contributed by atoms with Gasteiger partial charge in [-0.2, -0.15) is 4.98 Å². The number of piperazine rings is 1. The molecule has 0 amide bonds. The van der Waals surface area contributed by atoms with E-state index in [0.717, 1.165) is 56.0 Å². The van der Waals surface area contributed by atoms with Gasteiger partial charge in [0.2, 0.25) is 5.95 Å². The molecule has 0 spiro atoms. The van der Waals surface area contributed by atoms with Gasteiger partial charge in [0.25, 0.3) is 0 Å². The molecule has 2 aromatic carbocycles. The molecule has 2 bridgehead atoms. The highest BCUT2D eigenvalue weighted by Gasteiger charge is 2.36. The summed E-state index contributed by atoms with van der Waals surface area (Å²) in [4.78, 5) is 16.4. The van der Waals surface area contributed by atoms with Gasteiger partial charge in [0.15, 0.2) is 5.82 Å². The molecule has 4 aliphatic rings. The van der Waals surface area contributed by atoms with Gasteiger partial charge in [0.05, 0.1) is 5.02 Å². The highest BCUT2D eigenvalue weighted by molar-refractivity contribution is 6.33. The largest absolute Gasteiger partial charge is 0.508 e. The van der Waals surface area contributed by atoms with Gasteiger partial charge in [0, 0.05) is 60.3 Å². The molecule has 7 rings (SSSR count). The van der Waals surface area contributed by atoms with Crippen molar-refractivity contribution in [2.24, 2.45) is 0 Å². The smallest absolute Gasteiger partial charge is 0.228 e. The highest BCUT2D eigenvalue weighted by Crippen LogP contribution is 2.41. The van der Waals surface area contributed by atoms with Gasteiger partial charge in [-0.3, -0.25) is 0 Å². The maximum Gasteiger partial charge on any atom is 0.228 e. The number of nitrogens with zero attached hydrogens (tertiary/aromatic N) is 5. The molecule has 3 saturated heterocycles. The molecule has 1 aliphatic carbocycles. The summed E-state index contributed by atoms with van der Waals surface area (Å²) in [5, 5.41) is 16.0. The van der Waals surface area contributed by atoms with Crippen LogP contribution >= 0.6 is 23.2 Å². The summed E-state index contributed by atoms with van der Waals surface area (Å²) in [5.41, 5.74) is 2.89. The Bertz CT molecular complexity index is 1590. The van der Waals surface area contributed by atoms with E-state index in [-0.39, 0.29) is 21.9 Å². The average Bonchev–Trinajstić information content (AvgIpc) is 3.23. The number of halogens is 3. The van der Waals surface area contributed by atoms with Crippen LogP contribution < -0.4 is 15.1 Å². The summed E-state index contributed by atoms with van der Waals surface area (Å²) in [6.07, 6.45) is 6.57. The first kappa shape index (κ1) is 27.0. The molecule has 2 atom stereocenters. The predicted molar refractivity (Wildman–Crippen MR) is 165 cm³/mol. The topological polar surface area (TPSA) is 67.8 Å². The van der Waals surface area contributed by atoms with E-state index in [1.165, 1.54) is 0 Å². The minimum Gasteiger partial charge on any atom is -0.508 e. The summed E-state index contributed by atoms with van der Waals surface area (Å²) in [6.45, 7) is 3.20. The summed E-state index contributed by atoms with van der Waals surface area (Å²) in [7, 11) is 4.13. The molecule has 0 radical (unpaired) electrons. The highest BCUT2D eigenvalue weighted by atomic mass is 35.5. The second-order valence-corrected chi connectivity index (χ2v) is 12.7. The Morgan fingerprint density at radius 3 is 2.46 bits per heavy atom. The van der Waals surface area contributed by atoms with Crippen molar-refractivity contribution in [3.05, 3.63) is 68.7 Å². The number of anilines is 2. The molecule has 3 aliphatic heterocycles. The lowest BCUT2D eigenvalue weighted by molar-refractivity contribution is 0.245. The summed E-state index contributed by atoms with van der Waals surface area (Å²) in [6, 6.07) is 8.61. The van der Waals surface area contributed by atoms with Crippen LogP contribution in [0.4, 0.5) is 16.2 Å². The van der Waals surface area contributed by atoms with E-state index in [0.29, 0.717) is 52.9 Å². The molecule has 214 valence electrons. The van der Waals surface area contributed by atoms with E-state index >= 15 is 4.39 Å². The van der Waals surface area contributed by atoms with Crippen molar-refractivity contribution in [3.63, 3.8) is 0 Å². The van der Waals surface area contributed by atoms with E-state index in [9.17, 15) is 5.11 Å². The van der Waals surface area contributed by atoms with Gasteiger partial charge < -0.3 is 25.1 Å². The first-order valence-electron chi connectivity index (χ1n) is 14.3. The summed E-state index contributed by atoms with van der Waals surface area (Å²) >= 11 is 13.4. The Labute approximate surface area is 249 Å². The van der Waals surface area contributed by atoms with Crippen LogP contribution in [0.1, 0.15) is 36.0 Å². The van der Waals surface area contributed by atoms with Crippen LogP contribution in [-0.4, -0.2) is 78.4 Å². The summed E-state index contributed by atoms with van der Waals surface area (Å²) in [5.74, 6) is 0.812. The maximum absolute atomic E-state index is 16.7. The van der Waals surface area contributed by atoms with Crippen molar-refractivity contribution in [2.75, 3.05) is 50.1 Å². The van der Waals surface area contributed by atoms with Crippen molar-refractivity contribution in [1.82, 2.24) is 20.2 Å². The van der Waals surface area contributed by atoms with Crippen LogP contribution in [0.5, 0.6) is 0 Å². The molecule has 10 heteroatoms. The zero-order valence-electron chi connectivity index (χ0n) is 23.2. The number of hydrogen-bond donors (Lipinski definition) is 2. The first-order valence-corrected chi connectivity index (χ1v) is 15.0. The SMILES string of the molecule is CN(C)C1CN(c2nc(N3CC4CCC(C3)N4)c3cc(Cl)c(/C4=C/C(O)=C\c5cccc(Cl)c5CC4)c(F)c3n2)C1. The molecule has 1 aromatic heterocycles. The van der Waals surface area contributed by atoms with Crippen LogP contribution in [0.2, 0.25) is 10.0 Å². The molecule has 41 heavy (non-hydrogen) atoms. The molecular formula is C31H33Cl2FN6O. The number of aromatic nitrogens is 2. The lowest BCUT2D eigenvalue weighted by atomic mass is 9.91. The molecule has 3 aromatic rings. The Balaban J connectivity index is 1.35. The molecule has 0 saturated carbocycles. The number of rotatable bonds is 4. The predicted octanol–water partition coefficient (Wildman–Crippen LogP) is 5.70. The first-order chi connectivity index (χ1) is 19.7. The molecule has 3 fully saturated rings. The minimum absolute atomic E-state index is 0.0226. The number of nitrogens with one attached hydrogen (secondary N) is 1. The Morgan fingerprint density at radius 2 is 1.73 bits per heavy atom. The molecule has 2 unspecified atom stereocenters. The normalized spacial score (nSPS) is 25.3. The van der Waals surface area contributed by atoms with Crippen molar-refractivity contribution >= 4 is 57.5 Å². The Morgan fingerprint density at radius 1 is 0.976 bits per heavy atom. The van der Waals surface area contributed by atoms with Gasteiger partial charge >= 0.3 is 0 Å². The van der Waals surface area contributed by atoms with E-state index < -0.39 is 5.82 Å². The van der Waals surface area contributed by atoms with Gasteiger partial charge in [-0.1, -0.05) is 35.3 Å². The quantitative estimate of drug-likeness (QED) is 0.402. The number of aliphatic hydroxyl groups excluding tert-OH is 1. The zero-order chi connectivity index (χ0) is 28.4. The minimum atomic E-state index is -0.487. The van der Waals surface area contributed by atoms with Gasteiger partial charge in [0.1, 0.15) is 17.1 Å². The van der Waals surface area contributed by atoms with Crippen molar-refractivity contribution in [3.8, 4) is 0 Å².